The molecule has 0 radical (unpaired) electrons. The van der Waals surface area contributed by atoms with Gasteiger partial charge in [0.2, 0.25) is 0 Å². The van der Waals surface area contributed by atoms with Crippen LogP contribution in [0.2, 0.25) is 0 Å². The lowest BCUT2D eigenvalue weighted by atomic mass is 9.91. The largest absolute Gasteiger partial charge is 0.466 e. The third-order valence-corrected chi connectivity index (χ3v) is 2.25. The van der Waals surface area contributed by atoms with Crippen LogP contribution in [-0.4, -0.2) is 18.6 Å². The molecule has 0 saturated heterocycles. The third kappa shape index (κ3) is 3.66. The molecular formula is C9H17N3O2. The number of ether oxygens (including phenoxy) is 1. The summed E-state index contributed by atoms with van der Waals surface area (Å²) in [6, 6.07) is -0.708. The molecule has 0 N–H and O–H groups in total. The molecule has 5 nitrogen and oxygen atoms in total. The Kier molecular flexibility index (Phi) is 5.72. The van der Waals surface area contributed by atoms with Crippen LogP contribution in [0.5, 0.6) is 0 Å². The maximum atomic E-state index is 11.4. The van der Waals surface area contributed by atoms with Gasteiger partial charge in [0.05, 0.1) is 6.61 Å². The molecule has 0 saturated carbocycles. The number of hydrogen-bond acceptors (Lipinski definition) is 3. The fourth-order valence-corrected chi connectivity index (χ4v) is 1.01. The molecule has 0 aromatic heterocycles. The zero-order valence-electron chi connectivity index (χ0n) is 9.10. The molecule has 0 unspecified atom stereocenters. The molecule has 0 aliphatic heterocycles. The van der Waals surface area contributed by atoms with Crippen LogP contribution in [0.25, 0.3) is 10.4 Å². The van der Waals surface area contributed by atoms with E-state index >= 15 is 0 Å². The van der Waals surface area contributed by atoms with Gasteiger partial charge in [0.1, 0.15) is 6.04 Å². The lowest BCUT2D eigenvalue weighted by Crippen LogP contribution is -2.30. The smallest absolute Gasteiger partial charge is 0.315 e. The first kappa shape index (κ1) is 12.8. The topological polar surface area (TPSA) is 75.1 Å². The van der Waals surface area contributed by atoms with Crippen LogP contribution in [0.1, 0.15) is 27.7 Å². The van der Waals surface area contributed by atoms with E-state index in [0.717, 1.165) is 0 Å². The predicted molar refractivity (Wildman–Crippen MR) is 53.6 cm³/mol. The SMILES string of the molecule is CCOC(=O)[C@@H](N=[N+]=[N-])[C@@H](C)C(C)C. The van der Waals surface area contributed by atoms with Gasteiger partial charge in [0.15, 0.2) is 0 Å². The summed E-state index contributed by atoms with van der Waals surface area (Å²) >= 11 is 0. The van der Waals surface area contributed by atoms with Crippen molar-refractivity contribution in [2.75, 3.05) is 6.61 Å². The van der Waals surface area contributed by atoms with Gasteiger partial charge in [-0.1, -0.05) is 25.9 Å². The first-order valence-electron chi connectivity index (χ1n) is 4.75. The number of carbonyl (C=O) groups is 1. The summed E-state index contributed by atoms with van der Waals surface area (Å²) in [5.41, 5.74) is 8.34. The van der Waals surface area contributed by atoms with Crippen molar-refractivity contribution in [1.82, 2.24) is 0 Å². The van der Waals surface area contributed by atoms with Crippen LogP contribution < -0.4 is 0 Å². The van der Waals surface area contributed by atoms with Gasteiger partial charge in [-0.3, -0.25) is 4.79 Å². The maximum Gasteiger partial charge on any atom is 0.315 e. The molecule has 0 aliphatic carbocycles. The number of hydrogen-bond donors (Lipinski definition) is 0. The summed E-state index contributed by atoms with van der Waals surface area (Å²) in [4.78, 5) is 14.1. The van der Waals surface area contributed by atoms with E-state index in [-0.39, 0.29) is 11.8 Å². The number of azide groups is 1. The Balaban J connectivity index is 4.58. The van der Waals surface area contributed by atoms with Gasteiger partial charge in [-0.05, 0) is 24.3 Å². The second kappa shape index (κ2) is 6.27. The summed E-state index contributed by atoms with van der Waals surface area (Å²) in [6.45, 7) is 7.86. The molecule has 0 aromatic carbocycles. The summed E-state index contributed by atoms with van der Waals surface area (Å²) in [5, 5.41) is 3.47. The number of carbonyl (C=O) groups excluding carboxylic acids is 1. The zero-order chi connectivity index (χ0) is 11.1. The quantitative estimate of drug-likeness (QED) is 0.295. The summed E-state index contributed by atoms with van der Waals surface area (Å²) < 4.78 is 4.82. The minimum Gasteiger partial charge on any atom is -0.466 e. The van der Waals surface area contributed by atoms with E-state index < -0.39 is 12.0 Å². The van der Waals surface area contributed by atoms with Crippen molar-refractivity contribution < 1.29 is 9.53 Å². The minimum atomic E-state index is -0.708. The van der Waals surface area contributed by atoms with E-state index in [0.29, 0.717) is 6.61 Å². The van der Waals surface area contributed by atoms with Crippen molar-refractivity contribution in [3.8, 4) is 0 Å². The predicted octanol–water partition coefficient (Wildman–Crippen LogP) is 2.52. The molecule has 0 fully saturated rings. The van der Waals surface area contributed by atoms with Gasteiger partial charge in [-0.25, -0.2) is 0 Å². The second-order valence-corrected chi connectivity index (χ2v) is 3.50. The molecule has 0 spiro atoms. The first-order chi connectivity index (χ1) is 6.54. The van der Waals surface area contributed by atoms with Crippen LogP contribution in [0.3, 0.4) is 0 Å². The highest BCUT2D eigenvalue weighted by molar-refractivity contribution is 5.76. The molecule has 14 heavy (non-hydrogen) atoms. The fraction of sp³-hybridized carbons (Fsp3) is 0.889. The van der Waals surface area contributed by atoms with Gasteiger partial charge in [-0.15, -0.1) is 0 Å². The highest BCUT2D eigenvalue weighted by Gasteiger charge is 2.27. The van der Waals surface area contributed by atoms with Crippen LogP contribution in [0, 0.1) is 11.8 Å². The van der Waals surface area contributed by atoms with Crippen LogP contribution in [0.4, 0.5) is 0 Å². The van der Waals surface area contributed by atoms with Gasteiger partial charge in [0, 0.05) is 4.91 Å². The van der Waals surface area contributed by atoms with Gasteiger partial charge >= 0.3 is 5.97 Å². The maximum absolute atomic E-state index is 11.4. The van der Waals surface area contributed by atoms with Crippen LogP contribution in [0.15, 0.2) is 5.11 Å². The third-order valence-electron chi connectivity index (χ3n) is 2.25. The second-order valence-electron chi connectivity index (χ2n) is 3.50. The van der Waals surface area contributed by atoms with E-state index in [2.05, 4.69) is 10.0 Å². The molecule has 0 aliphatic rings. The molecule has 0 bridgehead atoms. The Morgan fingerprint density at radius 3 is 2.43 bits per heavy atom. The molecule has 0 aromatic rings. The summed E-state index contributed by atoms with van der Waals surface area (Å²) in [6.07, 6.45) is 0. The number of esters is 1. The fourth-order valence-electron chi connectivity index (χ4n) is 1.01. The normalized spacial score (nSPS) is 14.4. The van der Waals surface area contributed by atoms with Crippen molar-refractivity contribution in [3.05, 3.63) is 10.4 Å². The average Bonchev–Trinajstić information content (AvgIpc) is 2.13. The molecule has 0 rings (SSSR count). The molecule has 0 heterocycles. The van der Waals surface area contributed by atoms with Crippen molar-refractivity contribution >= 4 is 5.97 Å². The number of nitrogens with zero attached hydrogens (tertiary/aromatic N) is 3. The van der Waals surface area contributed by atoms with E-state index in [1.54, 1.807) is 6.92 Å². The van der Waals surface area contributed by atoms with Crippen LogP contribution >= 0.6 is 0 Å². The van der Waals surface area contributed by atoms with Crippen molar-refractivity contribution in [2.24, 2.45) is 17.0 Å². The molecule has 0 amide bonds. The zero-order valence-corrected chi connectivity index (χ0v) is 9.10. The van der Waals surface area contributed by atoms with Crippen molar-refractivity contribution in [2.45, 2.75) is 33.7 Å². The lowest BCUT2D eigenvalue weighted by molar-refractivity contribution is -0.146. The van der Waals surface area contributed by atoms with E-state index in [9.17, 15) is 4.79 Å². The highest BCUT2D eigenvalue weighted by atomic mass is 16.5. The van der Waals surface area contributed by atoms with E-state index in [4.69, 9.17) is 10.3 Å². The van der Waals surface area contributed by atoms with E-state index in [1.165, 1.54) is 0 Å². The van der Waals surface area contributed by atoms with Gasteiger partial charge in [0.25, 0.3) is 0 Å². The van der Waals surface area contributed by atoms with Gasteiger partial charge < -0.3 is 4.74 Å². The lowest BCUT2D eigenvalue weighted by Gasteiger charge is -2.20. The molecule has 80 valence electrons. The molecular weight excluding hydrogens is 182 g/mol. The average molecular weight is 199 g/mol. The summed E-state index contributed by atoms with van der Waals surface area (Å²) in [5.74, 6) is -0.175. The van der Waals surface area contributed by atoms with Gasteiger partial charge in [-0.2, -0.15) is 0 Å². The molecule has 2 atom stereocenters. The Morgan fingerprint density at radius 2 is 2.07 bits per heavy atom. The standard InChI is InChI=1S/C9H17N3O2/c1-5-14-9(13)8(11-12-10)7(4)6(2)3/h6-8H,5H2,1-4H3/t7-,8-/m0/s1. The minimum absolute atomic E-state index is 0.00931. The van der Waals surface area contributed by atoms with Crippen LogP contribution in [-0.2, 0) is 9.53 Å². The Hall–Kier alpha value is -1.22. The Bertz CT molecular complexity index is 234. The number of rotatable bonds is 5. The van der Waals surface area contributed by atoms with E-state index in [1.807, 2.05) is 20.8 Å². The summed E-state index contributed by atoms with van der Waals surface area (Å²) in [7, 11) is 0. The molecule has 5 heteroatoms. The first-order valence-corrected chi connectivity index (χ1v) is 4.75. The highest BCUT2D eigenvalue weighted by Crippen LogP contribution is 2.18. The Labute approximate surface area is 84.1 Å². The monoisotopic (exact) mass is 199 g/mol. The van der Waals surface area contributed by atoms with Crippen molar-refractivity contribution in [1.29, 1.82) is 0 Å². The Morgan fingerprint density at radius 1 is 1.50 bits per heavy atom. The van der Waals surface area contributed by atoms with Crippen molar-refractivity contribution in [3.63, 3.8) is 0 Å².